The first-order valence-corrected chi connectivity index (χ1v) is 12.3. The van der Waals surface area contributed by atoms with E-state index in [2.05, 4.69) is 97.9 Å². The van der Waals surface area contributed by atoms with Crippen molar-refractivity contribution in [3.8, 4) is 28.4 Å². The molecule has 1 N–H and O–H groups in total. The fourth-order valence-electron chi connectivity index (χ4n) is 6.58. The molecule has 1 aliphatic heterocycles. The van der Waals surface area contributed by atoms with E-state index < -0.39 is 5.41 Å². The number of hydrogen-bond acceptors (Lipinski definition) is 2. The quantitative estimate of drug-likeness (QED) is 0.245. The predicted octanol–water partition coefficient (Wildman–Crippen LogP) is 8.48. The van der Waals surface area contributed by atoms with Crippen LogP contribution in [-0.2, 0) is 5.41 Å². The molecule has 0 bridgehead atoms. The van der Waals surface area contributed by atoms with E-state index in [0.29, 0.717) is 0 Å². The monoisotopic (exact) mass is 462 g/mol. The summed E-state index contributed by atoms with van der Waals surface area (Å²) in [7, 11) is 0. The van der Waals surface area contributed by atoms with Crippen molar-refractivity contribution in [3.63, 3.8) is 0 Å². The third-order valence-electron chi connectivity index (χ3n) is 8.04. The number of hydrogen-bond donors (Lipinski definition) is 1. The molecule has 0 atom stereocenters. The van der Waals surface area contributed by atoms with Gasteiger partial charge in [0.05, 0.1) is 5.41 Å². The van der Waals surface area contributed by atoms with Crippen LogP contribution in [0.5, 0.6) is 17.2 Å². The summed E-state index contributed by atoms with van der Waals surface area (Å²) in [5.74, 6) is 2.03. The van der Waals surface area contributed by atoms with E-state index in [-0.39, 0.29) is 5.75 Å². The van der Waals surface area contributed by atoms with Crippen molar-refractivity contribution < 1.29 is 9.84 Å². The van der Waals surface area contributed by atoms with Crippen LogP contribution >= 0.6 is 0 Å². The summed E-state index contributed by atoms with van der Waals surface area (Å²) in [6.07, 6.45) is 0. The Bertz CT molecular complexity index is 1760. The number of aryl methyl sites for hydroxylation is 1. The van der Waals surface area contributed by atoms with Crippen molar-refractivity contribution in [3.05, 3.63) is 137 Å². The fourth-order valence-corrected chi connectivity index (χ4v) is 6.58. The van der Waals surface area contributed by atoms with Gasteiger partial charge < -0.3 is 9.84 Å². The van der Waals surface area contributed by atoms with Crippen LogP contribution in [0.4, 0.5) is 0 Å². The minimum atomic E-state index is -0.499. The van der Waals surface area contributed by atoms with Crippen LogP contribution < -0.4 is 4.74 Å². The first-order chi connectivity index (χ1) is 17.7. The minimum absolute atomic E-state index is 0.255. The molecule has 170 valence electrons. The highest BCUT2D eigenvalue weighted by Gasteiger charge is 2.51. The van der Waals surface area contributed by atoms with Crippen molar-refractivity contribution in [2.24, 2.45) is 0 Å². The van der Waals surface area contributed by atoms with Crippen molar-refractivity contribution in [2.75, 3.05) is 0 Å². The number of phenolic OH excluding ortho intramolecular Hbond substituents is 1. The summed E-state index contributed by atoms with van der Waals surface area (Å²) in [6.45, 7) is 2.12. The van der Waals surface area contributed by atoms with Crippen LogP contribution in [0.25, 0.3) is 32.7 Å². The van der Waals surface area contributed by atoms with Crippen molar-refractivity contribution in [2.45, 2.75) is 12.3 Å². The molecule has 6 aromatic rings. The summed E-state index contributed by atoms with van der Waals surface area (Å²) in [4.78, 5) is 0. The van der Waals surface area contributed by atoms with Crippen LogP contribution in [0.3, 0.4) is 0 Å². The van der Waals surface area contributed by atoms with Gasteiger partial charge in [0.15, 0.2) is 0 Å². The molecule has 2 heteroatoms. The summed E-state index contributed by atoms with van der Waals surface area (Å²) in [5.41, 5.74) is 8.12. The van der Waals surface area contributed by atoms with E-state index in [0.717, 1.165) is 33.2 Å². The van der Waals surface area contributed by atoms with Gasteiger partial charge in [-0.1, -0.05) is 96.6 Å². The molecule has 2 nitrogen and oxygen atoms in total. The Morgan fingerprint density at radius 1 is 0.556 bits per heavy atom. The lowest BCUT2D eigenvalue weighted by Gasteiger charge is -2.40. The molecule has 6 aromatic carbocycles. The zero-order valence-corrected chi connectivity index (χ0v) is 19.7. The largest absolute Gasteiger partial charge is 0.508 e. The molecule has 0 saturated heterocycles. The van der Waals surface area contributed by atoms with Crippen LogP contribution in [0.2, 0.25) is 0 Å². The van der Waals surface area contributed by atoms with Crippen LogP contribution in [0, 0.1) is 6.92 Å². The maximum Gasteiger partial charge on any atom is 0.140 e. The van der Waals surface area contributed by atoms with E-state index in [9.17, 15) is 5.11 Å². The van der Waals surface area contributed by atoms with Gasteiger partial charge in [-0.05, 0) is 58.1 Å². The Morgan fingerprint density at radius 2 is 1.11 bits per heavy atom. The van der Waals surface area contributed by atoms with E-state index in [4.69, 9.17) is 4.74 Å². The Morgan fingerprint density at radius 3 is 1.75 bits per heavy atom. The molecule has 1 aliphatic carbocycles. The molecular weight excluding hydrogens is 440 g/mol. The molecule has 0 saturated carbocycles. The maximum atomic E-state index is 10.2. The second kappa shape index (κ2) is 6.77. The smallest absolute Gasteiger partial charge is 0.140 e. The van der Waals surface area contributed by atoms with Gasteiger partial charge in [0.1, 0.15) is 17.2 Å². The normalized spacial score (nSPS) is 14.2. The lowest BCUT2D eigenvalue weighted by atomic mass is 9.65. The average molecular weight is 463 g/mol. The number of ether oxygens (including phenoxy) is 1. The highest BCUT2D eigenvalue weighted by atomic mass is 16.5. The van der Waals surface area contributed by atoms with Crippen molar-refractivity contribution >= 4 is 21.5 Å². The number of aromatic hydroxyl groups is 1. The lowest BCUT2D eigenvalue weighted by Crippen LogP contribution is -2.32. The van der Waals surface area contributed by atoms with Crippen molar-refractivity contribution in [1.29, 1.82) is 0 Å². The van der Waals surface area contributed by atoms with E-state index in [1.165, 1.54) is 38.8 Å². The zero-order chi connectivity index (χ0) is 24.0. The van der Waals surface area contributed by atoms with E-state index in [1.807, 2.05) is 12.1 Å². The maximum absolute atomic E-state index is 10.2. The molecule has 0 fully saturated rings. The molecule has 8 rings (SSSR count). The van der Waals surface area contributed by atoms with E-state index >= 15 is 0 Å². The molecule has 0 aromatic heterocycles. The van der Waals surface area contributed by atoms with E-state index in [1.54, 1.807) is 6.07 Å². The molecule has 36 heavy (non-hydrogen) atoms. The van der Waals surface area contributed by atoms with Crippen LogP contribution in [-0.4, -0.2) is 5.11 Å². The SMILES string of the molecule is Cc1ccc2c3c(ccc2c1)C1(c2ccccc2-c2ccccc21)c1ccc2cc(O)ccc2c1O3. The number of rotatable bonds is 0. The fraction of sp³-hybridized carbons (Fsp3) is 0.0588. The Kier molecular flexibility index (Phi) is 3.71. The van der Waals surface area contributed by atoms with Gasteiger partial charge in [-0.2, -0.15) is 0 Å². The number of phenols is 1. The van der Waals surface area contributed by atoms with Gasteiger partial charge in [0.2, 0.25) is 0 Å². The average Bonchev–Trinajstić information content (AvgIpc) is 3.19. The number of benzene rings is 6. The molecule has 0 radical (unpaired) electrons. The summed E-state index contributed by atoms with van der Waals surface area (Å²) in [6, 6.07) is 38.5. The van der Waals surface area contributed by atoms with Gasteiger partial charge in [0, 0.05) is 21.9 Å². The minimum Gasteiger partial charge on any atom is -0.508 e. The van der Waals surface area contributed by atoms with Gasteiger partial charge in [0.25, 0.3) is 0 Å². The van der Waals surface area contributed by atoms with Gasteiger partial charge in [-0.3, -0.25) is 0 Å². The Balaban J connectivity index is 1.61. The second-order valence-electron chi connectivity index (χ2n) is 9.96. The first-order valence-electron chi connectivity index (χ1n) is 12.3. The van der Waals surface area contributed by atoms with Crippen molar-refractivity contribution in [1.82, 2.24) is 0 Å². The highest BCUT2D eigenvalue weighted by molar-refractivity contribution is 6.00. The Hall–Kier alpha value is -4.56. The molecule has 0 unspecified atom stereocenters. The standard InChI is InChI=1S/C34H22O2/c1-20-10-14-24-21(18-20)11-16-30-32(24)36-33-25-15-13-23(35)19-22(25)12-17-31(33)34(30)28-8-4-2-6-26(28)27-7-3-5-9-29(27)34/h2-19,35H,1H3. The number of fused-ring (bicyclic) bond motifs is 13. The molecule has 2 aliphatic rings. The summed E-state index contributed by atoms with van der Waals surface area (Å²) >= 11 is 0. The molecular formula is C34H22O2. The van der Waals surface area contributed by atoms with Crippen LogP contribution in [0.1, 0.15) is 27.8 Å². The van der Waals surface area contributed by atoms with Crippen LogP contribution in [0.15, 0.2) is 109 Å². The molecule has 1 spiro atoms. The topological polar surface area (TPSA) is 29.5 Å². The van der Waals surface area contributed by atoms with Gasteiger partial charge in [-0.15, -0.1) is 0 Å². The van der Waals surface area contributed by atoms with Gasteiger partial charge >= 0.3 is 0 Å². The predicted molar refractivity (Wildman–Crippen MR) is 145 cm³/mol. The third-order valence-corrected chi connectivity index (χ3v) is 8.04. The zero-order valence-electron chi connectivity index (χ0n) is 19.7. The second-order valence-corrected chi connectivity index (χ2v) is 9.96. The third kappa shape index (κ3) is 2.31. The highest BCUT2D eigenvalue weighted by Crippen LogP contribution is 2.63. The summed E-state index contributed by atoms with van der Waals surface area (Å²) in [5, 5.41) is 14.4. The molecule has 1 heterocycles. The van der Waals surface area contributed by atoms with Gasteiger partial charge in [-0.25, -0.2) is 0 Å². The first kappa shape index (κ1) is 19.7. The summed E-state index contributed by atoms with van der Waals surface area (Å²) < 4.78 is 6.92. The Labute approximate surface area is 209 Å². The lowest BCUT2D eigenvalue weighted by molar-refractivity contribution is 0.447. The molecule has 0 amide bonds.